The standard InChI is InChI=1S/C25H52ClNO14/c1-16(26)11-17(2)41-10-9-40-8-7-39-6-5-38-4-3-27(12-18(30)22(34)24(36)20(32)14-28)13-19(31)23(35)25(37)21(33)15-29/h16-25,28-37H,3-15H2,1-2H3/t16?,17?,18-,19-,20+,21+,22+,23+,24+,25+/m0/s1. The summed E-state index contributed by atoms with van der Waals surface area (Å²) in [6.45, 7) is 3.54. The lowest BCUT2D eigenvalue weighted by molar-refractivity contribution is -0.131. The van der Waals surface area contributed by atoms with E-state index in [1.807, 2.05) is 13.8 Å². The maximum atomic E-state index is 10.3. The molecule has 0 aromatic carbocycles. The third kappa shape index (κ3) is 18.9. The van der Waals surface area contributed by atoms with Gasteiger partial charge in [-0.05, 0) is 20.3 Å². The Hall–Kier alpha value is -0.310. The maximum absolute atomic E-state index is 10.3. The van der Waals surface area contributed by atoms with Gasteiger partial charge in [0.2, 0.25) is 0 Å². The van der Waals surface area contributed by atoms with Gasteiger partial charge in [-0.1, -0.05) is 0 Å². The molecule has 0 aromatic rings. The van der Waals surface area contributed by atoms with E-state index in [1.54, 1.807) is 0 Å². The molecule has 2 unspecified atom stereocenters. The highest BCUT2D eigenvalue weighted by atomic mass is 35.5. The summed E-state index contributed by atoms with van der Waals surface area (Å²) in [5.41, 5.74) is 0. The molecule has 0 rings (SSSR count). The van der Waals surface area contributed by atoms with Gasteiger partial charge in [0, 0.05) is 25.0 Å². The average Bonchev–Trinajstić information content (AvgIpc) is 2.94. The van der Waals surface area contributed by atoms with Crippen molar-refractivity contribution in [3.63, 3.8) is 0 Å². The van der Waals surface area contributed by atoms with Crippen LogP contribution in [-0.2, 0) is 18.9 Å². The average molecular weight is 626 g/mol. The van der Waals surface area contributed by atoms with Crippen LogP contribution < -0.4 is 0 Å². The van der Waals surface area contributed by atoms with Gasteiger partial charge in [0.25, 0.3) is 0 Å². The first kappa shape index (κ1) is 40.7. The number of hydrogen-bond donors (Lipinski definition) is 10. The van der Waals surface area contributed by atoms with Gasteiger partial charge >= 0.3 is 0 Å². The fourth-order valence-corrected chi connectivity index (χ4v) is 3.95. The van der Waals surface area contributed by atoms with Crippen LogP contribution in [-0.4, -0.2) is 195 Å². The molecule has 10 N–H and O–H groups in total. The summed E-state index contributed by atoms with van der Waals surface area (Å²) in [4.78, 5) is 1.35. The van der Waals surface area contributed by atoms with E-state index in [4.69, 9.17) is 40.8 Å². The normalized spacial score (nSPS) is 19.8. The molecule has 0 radical (unpaired) electrons. The SMILES string of the molecule is CC(Cl)CC(C)OCCOCCOCCOCCN(C[C@H](O)[C@@H](O)[C@H](O)[C@H](O)CO)C[C@H](O)[C@@H](O)[C@H](O)[C@H](O)CO. The lowest BCUT2D eigenvalue weighted by atomic mass is 10.0. The van der Waals surface area contributed by atoms with Gasteiger partial charge in [0.1, 0.15) is 36.6 Å². The van der Waals surface area contributed by atoms with Crippen molar-refractivity contribution in [1.82, 2.24) is 4.90 Å². The summed E-state index contributed by atoms with van der Waals surface area (Å²) in [6, 6.07) is 0. The summed E-state index contributed by atoms with van der Waals surface area (Å²) in [5, 5.41) is 97.6. The number of hydrogen-bond acceptors (Lipinski definition) is 15. The second kappa shape index (κ2) is 24.1. The molecule has 41 heavy (non-hydrogen) atoms. The Morgan fingerprint density at radius 1 is 0.561 bits per heavy atom. The Morgan fingerprint density at radius 2 is 0.927 bits per heavy atom. The van der Waals surface area contributed by atoms with Crippen LogP contribution in [0.25, 0.3) is 0 Å². The van der Waals surface area contributed by atoms with Crippen LogP contribution in [0.5, 0.6) is 0 Å². The van der Waals surface area contributed by atoms with Crippen LogP contribution >= 0.6 is 11.6 Å². The summed E-state index contributed by atoms with van der Waals surface area (Å²) in [6.07, 6.45) is -13.3. The van der Waals surface area contributed by atoms with Gasteiger partial charge in [-0.2, -0.15) is 0 Å². The molecule has 16 heteroatoms. The zero-order valence-corrected chi connectivity index (χ0v) is 24.7. The summed E-state index contributed by atoms with van der Waals surface area (Å²) in [7, 11) is 0. The third-order valence-electron chi connectivity index (χ3n) is 6.12. The van der Waals surface area contributed by atoms with Crippen LogP contribution in [0.4, 0.5) is 0 Å². The van der Waals surface area contributed by atoms with Gasteiger partial charge in [-0.25, -0.2) is 0 Å². The number of halogens is 1. The minimum Gasteiger partial charge on any atom is -0.394 e. The molecule has 0 aromatic heterocycles. The Labute approximate surface area is 246 Å². The van der Waals surface area contributed by atoms with Gasteiger partial charge < -0.3 is 70.0 Å². The fourth-order valence-electron chi connectivity index (χ4n) is 3.70. The van der Waals surface area contributed by atoms with E-state index in [0.29, 0.717) is 26.4 Å². The van der Waals surface area contributed by atoms with E-state index in [-0.39, 0.29) is 50.9 Å². The smallest absolute Gasteiger partial charge is 0.111 e. The van der Waals surface area contributed by atoms with Gasteiger partial charge in [0.15, 0.2) is 0 Å². The monoisotopic (exact) mass is 625 g/mol. The molecule has 0 saturated heterocycles. The molecule has 248 valence electrons. The summed E-state index contributed by atoms with van der Waals surface area (Å²) in [5.74, 6) is 0. The number of aliphatic hydroxyl groups excluding tert-OH is 10. The Balaban J connectivity index is 4.53. The van der Waals surface area contributed by atoms with Gasteiger partial charge in [-0.3, -0.25) is 4.90 Å². The van der Waals surface area contributed by atoms with Crippen molar-refractivity contribution in [2.75, 3.05) is 79.1 Å². The van der Waals surface area contributed by atoms with E-state index < -0.39 is 62.0 Å². The summed E-state index contributed by atoms with van der Waals surface area (Å²) < 4.78 is 21.9. The minimum atomic E-state index is -1.86. The molecule has 0 aliphatic heterocycles. The van der Waals surface area contributed by atoms with E-state index in [1.165, 1.54) is 4.90 Å². The highest BCUT2D eigenvalue weighted by Crippen LogP contribution is 2.11. The van der Waals surface area contributed by atoms with Gasteiger partial charge in [0.05, 0.1) is 77.8 Å². The molecule has 0 spiro atoms. The van der Waals surface area contributed by atoms with Crippen LogP contribution in [0.15, 0.2) is 0 Å². The molecular formula is C25H52ClNO14. The molecule has 0 saturated carbocycles. The molecular weight excluding hydrogens is 574 g/mol. The quantitative estimate of drug-likeness (QED) is 0.0306. The summed E-state index contributed by atoms with van der Waals surface area (Å²) >= 11 is 5.92. The van der Waals surface area contributed by atoms with Crippen molar-refractivity contribution in [3.05, 3.63) is 0 Å². The number of rotatable bonds is 27. The molecule has 10 atom stereocenters. The molecule has 0 aliphatic rings. The van der Waals surface area contributed by atoms with E-state index in [2.05, 4.69) is 0 Å². The first-order valence-electron chi connectivity index (χ1n) is 13.7. The second-order valence-corrected chi connectivity index (χ2v) is 10.6. The number of ether oxygens (including phenoxy) is 4. The molecule has 15 nitrogen and oxygen atoms in total. The van der Waals surface area contributed by atoms with Crippen LogP contribution in [0.2, 0.25) is 0 Å². The lowest BCUT2D eigenvalue weighted by Crippen LogP contribution is -2.53. The maximum Gasteiger partial charge on any atom is 0.111 e. The van der Waals surface area contributed by atoms with Crippen molar-refractivity contribution in [3.8, 4) is 0 Å². The van der Waals surface area contributed by atoms with Crippen molar-refractivity contribution in [2.24, 2.45) is 0 Å². The first-order chi connectivity index (χ1) is 19.3. The van der Waals surface area contributed by atoms with Crippen molar-refractivity contribution < 1.29 is 70.0 Å². The highest BCUT2D eigenvalue weighted by Gasteiger charge is 2.34. The van der Waals surface area contributed by atoms with Crippen molar-refractivity contribution in [1.29, 1.82) is 0 Å². The topological polar surface area (TPSA) is 242 Å². The molecule has 0 heterocycles. The van der Waals surface area contributed by atoms with E-state index >= 15 is 0 Å². The van der Waals surface area contributed by atoms with Crippen molar-refractivity contribution >= 4 is 11.6 Å². The van der Waals surface area contributed by atoms with Crippen LogP contribution in [0.1, 0.15) is 20.3 Å². The largest absolute Gasteiger partial charge is 0.394 e. The fraction of sp³-hybridized carbons (Fsp3) is 1.00. The van der Waals surface area contributed by atoms with Crippen LogP contribution in [0, 0.1) is 0 Å². The zero-order valence-electron chi connectivity index (χ0n) is 23.9. The predicted molar refractivity (Wildman–Crippen MR) is 146 cm³/mol. The Kier molecular flexibility index (Phi) is 23.9. The minimum absolute atomic E-state index is 0.0430. The Morgan fingerprint density at radius 3 is 1.32 bits per heavy atom. The third-order valence-corrected chi connectivity index (χ3v) is 6.30. The van der Waals surface area contributed by atoms with E-state index in [9.17, 15) is 40.9 Å². The first-order valence-corrected chi connectivity index (χ1v) is 14.2. The lowest BCUT2D eigenvalue weighted by Gasteiger charge is -2.33. The van der Waals surface area contributed by atoms with Crippen LogP contribution in [0.3, 0.4) is 0 Å². The number of nitrogens with zero attached hydrogens (tertiary/aromatic N) is 1. The Bertz CT molecular complexity index is 583. The number of aliphatic hydroxyl groups is 10. The molecule has 0 bridgehead atoms. The highest BCUT2D eigenvalue weighted by molar-refractivity contribution is 6.20. The molecule has 0 aliphatic carbocycles. The second-order valence-electron chi connectivity index (χ2n) is 9.89. The van der Waals surface area contributed by atoms with Crippen molar-refractivity contribution in [2.45, 2.75) is 80.6 Å². The predicted octanol–water partition coefficient (Wildman–Crippen LogP) is -4.37. The zero-order chi connectivity index (χ0) is 31.4. The number of alkyl halides is 1. The van der Waals surface area contributed by atoms with Gasteiger partial charge in [-0.15, -0.1) is 11.6 Å². The molecule has 0 fully saturated rings. The van der Waals surface area contributed by atoms with E-state index in [0.717, 1.165) is 6.42 Å². The molecule has 0 amide bonds.